The Balaban J connectivity index is 2.42. The summed E-state index contributed by atoms with van der Waals surface area (Å²) >= 11 is 0. The van der Waals surface area contributed by atoms with E-state index in [4.69, 9.17) is 0 Å². The first-order valence-electron chi connectivity index (χ1n) is 5.11. The second-order valence-corrected chi connectivity index (χ2v) is 6.40. The molecule has 1 aromatic carbocycles. The van der Waals surface area contributed by atoms with Gasteiger partial charge in [-0.2, -0.15) is 0 Å². The maximum absolute atomic E-state index is 13.0. The number of hydrogen-bond acceptors (Lipinski definition) is 3. The molecule has 0 fully saturated rings. The zero-order valence-electron chi connectivity index (χ0n) is 8.85. The Labute approximate surface area is 93.8 Å². The Kier molecular flexibility index (Phi) is 2.75. The summed E-state index contributed by atoms with van der Waals surface area (Å²) in [6.07, 6.45) is -0.183. The molecule has 0 saturated heterocycles. The summed E-state index contributed by atoms with van der Waals surface area (Å²) in [4.78, 5) is 0.208. The molecule has 0 spiro atoms. The summed E-state index contributed by atoms with van der Waals surface area (Å²) in [6, 6.07) is 3.72. The monoisotopic (exact) mass is 244 g/mol. The molecule has 2 rings (SSSR count). The first kappa shape index (κ1) is 11.5. The number of halogens is 1. The van der Waals surface area contributed by atoms with Gasteiger partial charge >= 0.3 is 0 Å². The molecule has 1 heterocycles. The maximum atomic E-state index is 13.0. The van der Waals surface area contributed by atoms with Gasteiger partial charge in [0.05, 0.1) is 16.2 Å². The van der Waals surface area contributed by atoms with Crippen molar-refractivity contribution >= 4 is 9.84 Å². The largest absolute Gasteiger partial charge is 0.393 e. The molecular formula is C11H13FO3S. The van der Waals surface area contributed by atoms with Crippen LogP contribution in [0.4, 0.5) is 4.39 Å². The normalized spacial score (nSPS) is 24.1. The van der Waals surface area contributed by atoms with Gasteiger partial charge in [-0.05, 0) is 43.5 Å². The van der Waals surface area contributed by atoms with Crippen molar-refractivity contribution < 1.29 is 17.9 Å². The van der Waals surface area contributed by atoms with Crippen LogP contribution < -0.4 is 0 Å². The van der Waals surface area contributed by atoms with Crippen LogP contribution in [-0.4, -0.2) is 24.9 Å². The van der Waals surface area contributed by atoms with E-state index >= 15 is 0 Å². The minimum Gasteiger partial charge on any atom is -0.393 e. The van der Waals surface area contributed by atoms with Gasteiger partial charge in [-0.3, -0.25) is 0 Å². The number of sulfone groups is 1. The van der Waals surface area contributed by atoms with E-state index < -0.39 is 27.0 Å². The van der Waals surface area contributed by atoms with Crippen molar-refractivity contribution in [3.05, 3.63) is 29.6 Å². The summed E-state index contributed by atoms with van der Waals surface area (Å²) in [5, 5.41) is 8.62. The fraction of sp³-hybridized carbons (Fsp3) is 0.455. The van der Waals surface area contributed by atoms with E-state index in [1.54, 1.807) is 6.92 Å². The van der Waals surface area contributed by atoms with Crippen LogP contribution in [0, 0.1) is 5.82 Å². The molecule has 0 bridgehead atoms. The first-order valence-corrected chi connectivity index (χ1v) is 6.66. The highest BCUT2D eigenvalue weighted by atomic mass is 32.2. The fourth-order valence-corrected chi connectivity index (χ4v) is 4.17. The van der Waals surface area contributed by atoms with E-state index in [2.05, 4.69) is 0 Å². The average molecular weight is 244 g/mol. The maximum Gasteiger partial charge on any atom is 0.181 e. The number of aliphatic hydroxyl groups is 1. The molecule has 1 aromatic rings. The van der Waals surface area contributed by atoms with Crippen molar-refractivity contribution in [2.75, 3.05) is 0 Å². The molecule has 1 N–H and O–H groups in total. The van der Waals surface area contributed by atoms with Crippen molar-refractivity contribution in [3.63, 3.8) is 0 Å². The lowest BCUT2D eigenvalue weighted by atomic mass is 10.1. The van der Waals surface area contributed by atoms with Gasteiger partial charge in [0, 0.05) is 0 Å². The summed E-state index contributed by atoms with van der Waals surface area (Å²) < 4.78 is 37.0. The van der Waals surface area contributed by atoms with Crippen molar-refractivity contribution in [1.82, 2.24) is 0 Å². The molecule has 2 unspecified atom stereocenters. The molecule has 16 heavy (non-hydrogen) atoms. The quantitative estimate of drug-likeness (QED) is 0.798. The lowest BCUT2D eigenvalue weighted by Crippen LogP contribution is -2.22. The van der Waals surface area contributed by atoms with Crippen LogP contribution in [0.3, 0.4) is 0 Å². The topological polar surface area (TPSA) is 54.4 Å². The van der Waals surface area contributed by atoms with Gasteiger partial charge in [0.1, 0.15) is 5.82 Å². The van der Waals surface area contributed by atoms with Crippen LogP contribution >= 0.6 is 0 Å². The molecule has 0 aromatic heterocycles. The Morgan fingerprint density at radius 2 is 2.25 bits per heavy atom. The third-order valence-corrected chi connectivity index (χ3v) is 5.07. The molecule has 5 heteroatoms. The Morgan fingerprint density at radius 3 is 2.88 bits per heavy atom. The number of fused-ring (bicyclic) bond motifs is 1. The molecule has 1 aliphatic heterocycles. The molecule has 1 aliphatic rings. The van der Waals surface area contributed by atoms with Gasteiger partial charge in [-0.1, -0.05) is 0 Å². The number of hydrogen-bond donors (Lipinski definition) is 1. The van der Waals surface area contributed by atoms with E-state index in [1.807, 2.05) is 0 Å². The summed E-state index contributed by atoms with van der Waals surface area (Å²) in [5.41, 5.74) is 0.519. The molecule has 0 amide bonds. The molecule has 3 nitrogen and oxygen atoms in total. The summed E-state index contributed by atoms with van der Waals surface area (Å²) in [6.45, 7) is 1.55. The smallest absolute Gasteiger partial charge is 0.181 e. The van der Waals surface area contributed by atoms with Crippen LogP contribution in [0.5, 0.6) is 0 Å². The van der Waals surface area contributed by atoms with Crippen molar-refractivity contribution in [3.8, 4) is 0 Å². The minimum atomic E-state index is -3.38. The molecule has 0 radical (unpaired) electrons. The van der Waals surface area contributed by atoms with E-state index in [-0.39, 0.29) is 11.3 Å². The second kappa shape index (κ2) is 3.82. The van der Waals surface area contributed by atoms with Gasteiger partial charge in [0.2, 0.25) is 0 Å². The highest BCUT2D eigenvalue weighted by Gasteiger charge is 2.37. The predicted molar refractivity (Wildman–Crippen MR) is 57.4 cm³/mol. The predicted octanol–water partition coefficient (Wildman–Crippen LogP) is 1.30. The highest BCUT2D eigenvalue weighted by Crippen LogP contribution is 2.33. The molecule has 88 valence electrons. The third kappa shape index (κ3) is 1.85. The first-order chi connectivity index (χ1) is 7.41. The molecular weight excluding hydrogens is 231 g/mol. The minimum absolute atomic E-state index is 0.193. The lowest BCUT2D eigenvalue weighted by molar-refractivity contribution is 0.183. The van der Waals surface area contributed by atoms with Gasteiger partial charge in [0.25, 0.3) is 0 Å². The molecule has 2 atom stereocenters. The van der Waals surface area contributed by atoms with E-state index in [1.165, 1.54) is 12.1 Å². The van der Waals surface area contributed by atoms with Crippen molar-refractivity contribution in [2.24, 2.45) is 0 Å². The van der Waals surface area contributed by atoms with E-state index in [0.29, 0.717) is 12.0 Å². The van der Waals surface area contributed by atoms with Crippen LogP contribution in [0.1, 0.15) is 18.9 Å². The van der Waals surface area contributed by atoms with Gasteiger partial charge in [0.15, 0.2) is 9.84 Å². The van der Waals surface area contributed by atoms with Gasteiger partial charge in [-0.25, -0.2) is 12.8 Å². The SMILES string of the molecule is CC(O)CC1Cc2cc(F)ccc2S1(=O)=O. The lowest BCUT2D eigenvalue weighted by Gasteiger charge is -2.10. The molecule has 0 aliphatic carbocycles. The van der Waals surface area contributed by atoms with Crippen LogP contribution in [0.15, 0.2) is 23.1 Å². The zero-order chi connectivity index (χ0) is 11.9. The highest BCUT2D eigenvalue weighted by molar-refractivity contribution is 7.92. The molecule has 0 saturated carbocycles. The second-order valence-electron chi connectivity index (χ2n) is 4.21. The number of benzene rings is 1. The number of aliphatic hydroxyl groups excluding tert-OH is 1. The average Bonchev–Trinajstić information content (AvgIpc) is 2.37. The Bertz CT molecular complexity index is 508. The van der Waals surface area contributed by atoms with Crippen LogP contribution in [-0.2, 0) is 16.3 Å². The Hall–Kier alpha value is -0.940. The van der Waals surface area contributed by atoms with E-state index in [0.717, 1.165) is 6.07 Å². The standard InChI is InChI=1S/C11H13FO3S/c1-7(13)4-10-6-8-5-9(12)2-3-11(8)16(10,14)15/h2-3,5,7,10,13H,4,6H2,1H3. The van der Waals surface area contributed by atoms with Crippen molar-refractivity contribution in [2.45, 2.75) is 36.0 Å². The van der Waals surface area contributed by atoms with Crippen LogP contribution in [0.25, 0.3) is 0 Å². The van der Waals surface area contributed by atoms with E-state index in [9.17, 15) is 17.9 Å². The van der Waals surface area contributed by atoms with Gasteiger partial charge in [-0.15, -0.1) is 0 Å². The zero-order valence-corrected chi connectivity index (χ0v) is 9.67. The van der Waals surface area contributed by atoms with Crippen LogP contribution in [0.2, 0.25) is 0 Å². The summed E-state index contributed by atoms with van der Waals surface area (Å²) in [5.74, 6) is -0.424. The van der Waals surface area contributed by atoms with Gasteiger partial charge < -0.3 is 5.11 Å². The Morgan fingerprint density at radius 1 is 1.56 bits per heavy atom. The van der Waals surface area contributed by atoms with Crippen molar-refractivity contribution in [1.29, 1.82) is 0 Å². The summed E-state index contributed by atoms with van der Waals surface area (Å²) in [7, 11) is -3.38. The fourth-order valence-electron chi connectivity index (χ4n) is 2.11. The third-order valence-electron chi connectivity index (χ3n) is 2.82. The number of rotatable bonds is 2.